The third-order valence-electron chi connectivity index (χ3n) is 2.12. The van der Waals surface area contributed by atoms with Gasteiger partial charge < -0.3 is 10.5 Å². The van der Waals surface area contributed by atoms with Crippen molar-refractivity contribution in [1.82, 2.24) is 0 Å². The standard InChI is InChI=1S/C11H15F2NO/c1-2-10(14)8-3-5-9(6-4-8)15-7-11(12)13/h3-6,10-11H,2,7,14H2,1H3. The Kier molecular flexibility index (Phi) is 4.49. The van der Waals surface area contributed by atoms with Gasteiger partial charge >= 0.3 is 0 Å². The summed E-state index contributed by atoms with van der Waals surface area (Å²) < 4.78 is 28.5. The molecule has 0 aliphatic rings. The van der Waals surface area contributed by atoms with Crippen molar-refractivity contribution in [3.8, 4) is 5.75 Å². The maximum absolute atomic E-state index is 11.8. The molecule has 0 heterocycles. The molecule has 84 valence electrons. The fourth-order valence-electron chi connectivity index (χ4n) is 1.21. The van der Waals surface area contributed by atoms with Gasteiger partial charge in [-0.15, -0.1) is 0 Å². The Morgan fingerprint density at radius 3 is 2.33 bits per heavy atom. The molecular formula is C11H15F2NO. The predicted octanol–water partition coefficient (Wildman–Crippen LogP) is 2.74. The van der Waals surface area contributed by atoms with Crippen molar-refractivity contribution in [2.45, 2.75) is 25.8 Å². The van der Waals surface area contributed by atoms with E-state index in [9.17, 15) is 8.78 Å². The van der Waals surface area contributed by atoms with Gasteiger partial charge in [-0.05, 0) is 24.1 Å². The molecule has 1 rings (SSSR count). The first-order valence-corrected chi connectivity index (χ1v) is 4.90. The number of halogens is 2. The van der Waals surface area contributed by atoms with Gasteiger partial charge in [0.25, 0.3) is 6.43 Å². The number of hydrogen-bond donors (Lipinski definition) is 1. The summed E-state index contributed by atoms with van der Waals surface area (Å²) in [4.78, 5) is 0. The lowest BCUT2D eigenvalue weighted by Crippen LogP contribution is -2.09. The van der Waals surface area contributed by atoms with Crippen molar-refractivity contribution >= 4 is 0 Å². The highest BCUT2D eigenvalue weighted by molar-refractivity contribution is 5.28. The fourth-order valence-corrected chi connectivity index (χ4v) is 1.21. The van der Waals surface area contributed by atoms with E-state index in [1.165, 1.54) is 0 Å². The third kappa shape index (κ3) is 3.83. The SMILES string of the molecule is CCC(N)c1ccc(OCC(F)F)cc1. The van der Waals surface area contributed by atoms with Gasteiger partial charge in [0.2, 0.25) is 0 Å². The van der Waals surface area contributed by atoms with Gasteiger partial charge in [0, 0.05) is 6.04 Å². The average molecular weight is 215 g/mol. The molecule has 0 amide bonds. The molecule has 1 aromatic rings. The van der Waals surface area contributed by atoms with E-state index in [1.54, 1.807) is 24.3 Å². The highest BCUT2D eigenvalue weighted by Crippen LogP contribution is 2.18. The summed E-state index contributed by atoms with van der Waals surface area (Å²) in [7, 11) is 0. The Morgan fingerprint density at radius 2 is 1.87 bits per heavy atom. The van der Waals surface area contributed by atoms with Gasteiger partial charge in [-0.1, -0.05) is 19.1 Å². The number of alkyl halides is 2. The molecule has 2 nitrogen and oxygen atoms in total. The second-order valence-electron chi connectivity index (χ2n) is 3.29. The zero-order chi connectivity index (χ0) is 11.3. The van der Waals surface area contributed by atoms with Crippen LogP contribution < -0.4 is 10.5 Å². The van der Waals surface area contributed by atoms with Gasteiger partial charge in [-0.25, -0.2) is 8.78 Å². The Hall–Kier alpha value is -1.16. The van der Waals surface area contributed by atoms with Crippen molar-refractivity contribution < 1.29 is 13.5 Å². The molecule has 0 bridgehead atoms. The van der Waals surface area contributed by atoms with Crippen LogP contribution in [0, 0.1) is 0 Å². The molecule has 4 heteroatoms. The molecule has 1 unspecified atom stereocenters. The van der Waals surface area contributed by atoms with Gasteiger partial charge in [-0.2, -0.15) is 0 Å². The molecule has 0 saturated heterocycles. The van der Waals surface area contributed by atoms with Crippen molar-refractivity contribution in [2.24, 2.45) is 5.73 Å². The summed E-state index contributed by atoms with van der Waals surface area (Å²) >= 11 is 0. The molecule has 0 aliphatic heterocycles. The van der Waals surface area contributed by atoms with Gasteiger partial charge in [-0.3, -0.25) is 0 Å². The van der Waals surface area contributed by atoms with E-state index in [0.717, 1.165) is 12.0 Å². The Balaban J connectivity index is 2.56. The molecule has 1 aromatic carbocycles. The molecule has 15 heavy (non-hydrogen) atoms. The topological polar surface area (TPSA) is 35.2 Å². The summed E-state index contributed by atoms with van der Waals surface area (Å²) in [5.41, 5.74) is 6.79. The van der Waals surface area contributed by atoms with Crippen LogP contribution in [0.1, 0.15) is 24.9 Å². The summed E-state index contributed by atoms with van der Waals surface area (Å²) in [5.74, 6) is 0.447. The quantitative estimate of drug-likeness (QED) is 0.819. The van der Waals surface area contributed by atoms with Crippen LogP contribution in [0.15, 0.2) is 24.3 Å². The van der Waals surface area contributed by atoms with Crippen LogP contribution in [0.3, 0.4) is 0 Å². The second-order valence-corrected chi connectivity index (χ2v) is 3.29. The van der Waals surface area contributed by atoms with Crippen LogP contribution in [0.5, 0.6) is 5.75 Å². The molecular weight excluding hydrogens is 200 g/mol. The van der Waals surface area contributed by atoms with Gasteiger partial charge in [0.15, 0.2) is 0 Å². The van der Waals surface area contributed by atoms with Gasteiger partial charge in [0.1, 0.15) is 12.4 Å². The van der Waals surface area contributed by atoms with Crippen LogP contribution >= 0.6 is 0 Å². The molecule has 0 aromatic heterocycles. The Labute approximate surface area is 88.0 Å². The molecule has 0 radical (unpaired) electrons. The number of nitrogens with two attached hydrogens (primary N) is 1. The van der Waals surface area contributed by atoms with Crippen LogP contribution in [0.4, 0.5) is 8.78 Å². The van der Waals surface area contributed by atoms with E-state index in [-0.39, 0.29) is 6.04 Å². The smallest absolute Gasteiger partial charge is 0.272 e. The van der Waals surface area contributed by atoms with Crippen LogP contribution in [-0.4, -0.2) is 13.0 Å². The highest BCUT2D eigenvalue weighted by atomic mass is 19.3. The molecule has 2 N–H and O–H groups in total. The van der Waals surface area contributed by atoms with E-state index < -0.39 is 13.0 Å². The van der Waals surface area contributed by atoms with Crippen LogP contribution in [0.2, 0.25) is 0 Å². The molecule has 0 fully saturated rings. The van der Waals surface area contributed by atoms with Crippen molar-refractivity contribution in [1.29, 1.82) is 0 Å². The van der Waals surface area contributed by atoms with Gasteiger partial charge in [0.05, 0.1) is 0 Å². The Bertz CT molecular complexity index is 287. The Morgan fingerprint density at radius 1 is 1.27 bits per heavy atom. The fraction of sp³-hybridized carbons (Fsp3) is 0.455. The molecule has 1 atom stereocenters. The molecule has 0 saturated carbocycles. The van der Waals surface area contributed by atoms with Crippen LogP contribution in [-0.2, 0) is 0 Å². The monoisotopic (exact) mass is 215 g/mol. The first kappa shape index (κ1) is 11.9. The minimum atomic E-state index is -2.44. The second kappa shape index (κ2) is 5.66. The normalized spacial score (nSPS) is 12.9. The third-order valence-corrected chi connectivity index (χ3v) is 2.12. The van der Waals surface area contributed by atoms with E-state index in [1.807, 2.05) is 6.92 Å². The van der Waals surface area contributed by atoms with Crippen molar-refractivity contribution in [3.05, 3.63) is 29.8 Å². The minimum Gasteiger partial charge on any atom is -0.488 e. The summed E-state index contributed by atoms with van der Waals surface area (Å²) in [6.45, 7) is 1.42. The summed E-state index contributed by atoms with van der Waals surface area (Å²) in [6.07, 6.45) is -1.60. The van der Waals surface area contributed by atoms with Crippen molar-refractivity contribution in [2.75, 3.05) is 6.61 Å². The molecule has 0 aliphatic carbocycles. The zero-order valence-electron chi connectivity index (χ0n) is 8.62. The number of ether oxygens (including phenoxy) is 1. The van der Waals surface area contributed by atoms with E-state index in [0.29, 0.717) is 5.75 Å². The van der Waals surface area contributed by atoms with E-state index in [4.69, 9.17) is 10.5 Å². The summed E-state index contributed by atoms with van der Waals surface area (Å²) in [5, 5.41) is 0. The predicted molar refractivity (Wildman–Crippen MR) is 55.2 cm³/mol. The minimum absolute atomic E-state index is 0.00542. The van der Waals surface area contributed by atoms with E-state index in [2.05, 4.69) is 0 Å². The lowest BCUT2D eigenvalue weighted by molar-refractivity contribution is 0.0819. The number of rotatable bonds is 5. The maximum atomic E-state index is 11.8. The lowest BCUT2D eigenvalue weighted by atomic mass is 10.1. The highest BCUT2D eigenvalue weighted by Gasteiger charge is 2.05. The zero-order valence-corrected chi connectivity index (χ0v) is 8.62. The maximum Gasteiger partial charge on any atom is 0.272 e. The van der Waals surface area contributed by atoms with E-state index >= 15 is 0 Å². The lowest BCUT2D eigenvalue weighted by Gasteiger charge is -2.10. The average Bonchev–Trinajstić information content (AvgIpc) is 2.26. The molecule has 0 spiro atoms. The summed E-state index contributed by atoms with van der Waals surface area (Å²) in [6, 6.07) is 6.92. The first-order valence-electron chi connectivity index (χ1n) is 4.90. The first-order chi connectivity index (χ1) is 7.13. The number of hydrogen-bond acceptors (Lipinski definition) is 2. The largest absolute Gasteiger partial charge is 0.488 e. The number of benzene rings is 1. The van der Waals surface area contributed by atoms with Crippen molar-refractivity contribution in [3.63, 3.8) is 0 Å². The van der Waals surface area contributed by atoms with Crippen LogP contribution in [0.25, 0.3) is 0 Å².